The van der Waals surface area contributed by atoms with Crippen LogP contribution in [0.2, 0.25) is 0 Å². The summed E-state index contributed by atoms with van der Waals surface area (Å²) in [5, 5.41) is 8.71. The summed E-state index contributed by atoms with van der Waals surface area (Å²) in [7, 11) is -1.76. The molecular formula is C15H22N2O3S. The quantitative estimate of drug-likeness (QED) is 0.797. The molecule has 1 aromatic carbocycles. The molecular weight excluding hydrogens is 288 g/mol. The molecule has 0 bridgehead atoms. The molecule has 5 nitrogen and oxygen atoms in total. The molecule has 0 aliphatic heterocycles. The van der Waals surface area contributed by atoms with Gasteiger partial charge in [0.15, 0.2) is 0 Å². The number of hydrogen-bond donors (Lipinski definition) is 1. The van der Waals surface area contributed by atoms with Gasteiger partial charge >= 0.3 is 0 Å². The highest BCUT2D eigenvalue weighted by atomic mass is 32.2. The molecule has 0 saturated carbocycles. The second kappa shape index (κ2) is 7.55. The van der Waals surface area contributed by atoms with Gasteiger partial charge in [-0.15, -0.1) is 0 Å². The predicted octanol–water partition coefficient (Wildman–Crippen LogP) is 2.04. The van der Waals surface area contributed by atoms with E-state index < -0.39 is 10.0 Å². The summed E-state index contributed by atoms with van der Waals surface area (Å²) in [6.45, 7) is 4.96. The second-order valence-electron chi connectivity index (χ2n) is 5.80. The van der Waals surface area contributed by atoms with Crippen molar-refractivity contribution in [2.24, 2.45) is 5.41 Å². The van der Waals surface area contributed by atoms with Gasteiger partial charge in [0.05, 0.1) is 17.4 Å². The fourth-order valence-corrected chi connectivity index (χ4v) is 3.06. The summed E-state index contributed by atoms with van der Waals surface area (Å²) < 4.78 is 31.8. The fraction of sp³-hybridized carbons (Fsp3) is 0.533. The lowest BCUT2D eigenvalue weighted by atomic mass is 9.90. The Morgan fingerprint density at radius 3 is 2.43 bits per heavy atom. The molecule has 116 valence electrons. The summed E-state index contributed by atoms with van der Waals surface area (Å²) in [6, 6.07) is 8.56. The van der Waals surface area contributed by atoms with E-state index in [1.54, 1.807) is 31.4 Å². The maximum Gasteiger partial charge on any atom is 0.215 e. The smallest absolute Gasteiger partial charge is 0.215 e. The van der Waals surface area contributed by atoms with E-state index in [-0.39, 0.29) is 11.2 Å². The number of nitrogens with one attached hydrogen (secondary N) is 1. The molecule has 0 radical (unpaired) electrons. The molecule has 0 atom stereocenters. The average Bonchev–Trinajstić information content (AvgIpc) is 2.44. The van der Waals surface area contributed by atoms with Crippen molar-refractivity contribution in [2.45, 2.75) is 26.0 Å². The van der Waals surface area contributed by atoms with E-state index in [4.69, 9.17) is 10.00 Å². The van der Waals surface area contributed by atoms with E-state index in [1.807, 2.05) is 19.9 Å². The van der Waals surface area contributed by atoms with E-state index in [0.717, 1.165) is 6.42 Å². The van der Waals surface area contributed by atoms with E-state index in [9.17, 15) is 8.42 Å². The molecule has 0 amide bonds. The van der Waals surface area contributed by atoms with Crippen LogP contribution in [0, 0.1) is 16.7 Å². The minimum absolute atomic E-state index is 0.0843. The van der Waals surface area contributed by atoms with Gasteiger partial charge in [-0.25, -0.2) is 13.1 Å². The Labute approximate surface area is 127 Å². The zero-order valence-electron chi connectivity index (χ0n) is 12.7. The third kappa shape index (κ3) is 6.71. The first-order chi connectivity index (χ1) is 9.78. The van der Waals surface area contributed by atoms with Crippen molar-refractivity contribution in [1.82, 2.24) is 4.72 Å². The SMILES string of the molecule is COCCC(C)(C)CNS(=O)(=O)Cc1ccc(C#N)cc1. The molecule has 0 saturated heterocycles. The number of nitriles is 1. The largest absolute Gasteiger partial charge is 0.385 e. The Morgan fingerprint density at radius 2 is 1.90 bits per heavy atom. The van der Waals surface area contributed by atoms with Crippen molar-refractivity contribution in [2.75, 3.05) is 20.3 Å². The van der Waals surface area contributed by atoms with Crippen molar-refractivity contribution in [3.05, 3.63) is 35.4 Å². The van der Waals surface area contributed by atoms with Crippen LogP contribution < -0.4 is 4.72 Å². The van der Waals surface area contributed by atoms with Gasteiger partial charge < -0.3 is 4.74 Å². The first kappa shape index (κ1) is 17.6. The highest BCUT2D eigenvalue weighted by Gasteiger charge is 2.21. The number of hydrogen-bond acceptors (Lipinski definition) is 4. The maximum absolute atomic E-state index is 12.1. The van der Waals surface area contributed by atoms with Crippen LogP contribution in [0.5, 0.6) is 0 Å². The van der Waals surface area contributed by atoms with Gasteiger partial charge in [0.1, 0.15) is 0 Å². The van der Waals surface area contributed by atoms with Crippen molar-refractivity contribution in [1.29, 1.82) is 5.26 Å². The van der Waals surface area contributed by atoms with Crippen molar-refractivity contribution >= 4 is 10.0 Å². The van der Waals surface area contributed by atoms with Crippen LogP contribution in [0.3, 0.4) is 0 Å². The number of rotatable bonds is 8. The molecule has 1 rings (SSSR count). The fourth-order valence-electron chi connectivity index (χ4n) is 1.72. The van der Waals surface area contributed by atoms with Gasteiger partial charge in [-0.3, -0.25) is 0 Å². The first-order valence-corrected chi connectivity index (χ1v) is 8.38. The lowest BCUT2D eigenvalue weighted by Crippen LogP contribution is -2.35. The van der Waals surface area contributed by atoms with E-state index in [0.29, 0.717) is 24.3 Å². The number of ether oxygens (including phenoxy) is 1. The zero-order chi connectivity index (χ0) is 15.9. The van der Waals surface area contributed by atoms with Gasteiger partial charge in [-0.1, -0.05) is 26.0 Å². The summed E-state index contributed by atoms with van der Waals surface area (Å²) in [5.41, 5.74) is 1.02. The van der Waals surface area contributed by atoms with Crippen LogP contribution >= 0.6 is 0 Å². The Hall–Kier alpha value is -1.42. The van der Waals surface area contributed by atoms with Gasteiger partial charge in [0, 0.05) is 20.3 Å². The van der Waals surface area contributed by atoms with Gasteiger partial charge in [-0.05, 0) is 29.5 Å². The predicted molar refractivity (Wildman–Crippen MR) is 82.1 cm³/mol. The molecule has 1 aromatic rings. The van der Waals surface area contributed by atoms with Crippen LogP contribution in [0.25, 0.3) is 0 Å². The Balaban J connectivity index is 2.59. The van der Waals surface area contributed by atoms with Crippen LogP contribution in [-0.4, -0.2) is 28.7 Å². The van der Waals surface area contributed by atoms with Crippen LogP contribution in [-0.2, 0) is 20.5 Å². The molecule has 1 N–H and O–H groups in total. The van der Waals surface area contributed by atoms with Crippen LogP contribution in [0.4, 0.5) is 0 Å². The average molecular weight is 310 g/mol. The molecule has 0 aliphatic rings. The second-order valence-corrected chi connectivity index (χ2v) is 7.60. The number of sulfonamides is 1. The first-order valence-electron chi connectivity index (χ1n) is 6.73. The molecule has 0 aliphatic carbocycles. The lowest BCUT2D eigenvalue weighted by Gasteiger charge is -2.24. The summed E-state index contributed by atoms with van der Waals surface area (Å²) >= 11 is 0. The van der Waals surface area contributed by atoms with E-state index in [1.165, 1.54) is 0 Å². The molecule has 0 heterocycles. The molecule has 0 spiro atoms. The van der Waals surface area contributed by atoms with Crippen LogP contribution in [0.1, 0.15) is 31.4 Å². The normalized spacial score (nSPS) is 12.1. The highest BCUT2D eigenvalue weighted by molar-refractivity contribution is 7.88. The van der Waals surface area contributed by atoms with Gasteiger partial charge in [0.25, 0.3) is 0 Å². The number of methoxy groups -OCH3 is 1. The molecule has 0 fully saturated rings. The van der Waals surface area contributed by atoms with Crippen LogP contribution in [0.15, 0.2) is 24.3 Å². The molecule has 0 unspecified atom stereocenters. The molecule has 21 heavy (non-hydrogen) atoms. The summed E-state index contributed by atoms with van der Waals surface area (Å²) in [4.78, 5) is 0. The topological polar surface area (TPSA) is 79.2 Å². The highest BCUT2D eigenvalue weighted by Crippen LogP contribution is 2.19. The minimum atomic E-state index is -3.39. The van der Waals surface area contributed by atoms with Crippen molar-refractivity contribution < 1.29 is 13.2 Å². The third-order valence-electron chi connectivity index (χ3n) is 3.19. The molecule has 6 heteroatoms. The molecule has 0 aromatic heterocycles. The van der Waals surface area contributed by atoms with Gasteiger partial charge in [0.2, 0.25) is 10.0 Å². The van der Waals surface area contributed by atoms with E-state index >= 15 is 0 Å². The Kier molecular flexibility index (Phi) is 6.34. The standard InChI is InChI=1S/C15H22N2O3S/c1-15(2,8-9-20-3)12-17-21(18,19)11-14-6-4-13(10-16)5-7-14/h4-7,17H,8-9,11-12H2,1-3H3. The summed E-state index contributed by atoms with van der Waals surface area (Å²) in [5.74, 6) is -0.0843. The third-order valence-corrected chi connectivity index (χ3v) is 4.49. The lowest BCUT2D eigenvalue weighted by molar-refractivity contribution is 0.153. The Morgan fingerprint density at radius 1 is 1.29 bits per heavy atom. The van der Waals surface area contributed by atoms with Gasteiger partial charge in [-0.2, -0.15) is 5.26 Å². The Bertz CT molecular complexity index is 586. The number of nitrogens with zero attached hydrogens (tertiary/aromatic N) is 1. The van der Waals surface area contributed by atoms with Crippen molar-refractivity contribution in [3.63, 3.8) is 0 Å². The van der Waals surface area contributed by atoms with Crippen molar-refractivity contribution in [3.8, 4) is 6.07 Å². The van der Waals surface area contributed by atoms with E-state index in [2.05, 4.69) is 4.72 Å². The monoisotopic (exact) mass is 310 g/mol. The minimum Gasteiger partial charge on any atom is -0.385 e. The zero-order valence-corrected chi connectivity index (χ0v) is 13.5. The summed E-state index contributed by atoms with van der Waals surface area (Å²) in [6.07, 6.45) is 0.781. The number of benzene rings is 1. The maximum atomic E-state index is 12.1.